The average Bonchev–Trinajstić information content (AvgIpc) is 2.54. The van der Waals surface area contributed by atoms with E-state index in [-0.39, 0.29) is 0 Å². The molecule has 98 valence electrons. The molecule has 2 aliphatic heterocycles. The van der Waals surface area contributed by atoms with Gasteiger partial charge in [0.05, 0.1) is 0 Å². The maximum Gasteiger partial charge on any atom is 0.0114 e. The Morgan fingerprint density at radius 2 is 1.82 bits per heavy atom. The Bertz CT molecular complexity index is 253. The highest BCUT2D eigenvalue weighted by Gasteiger charge is 2.45. The fourth-order valence-electron chi connectivity index (χ4n) is 4.46. The average molecular weight is 236 g/mol. The molecule has 3 aliphatic rings. The van der Waals surface area contributed by atoms with Gasteiger partial charge in [0.15, 0.2) is 0 Å². The molecule has 0 aromatic carbocycles. The van der Waals surface area contributed by atoms with E-state index >= 15 is 0 Å². The number of rotatable bonds is 4. The Kier molecular flexibility index (Phi) is 3.20. The molecule has 1 aliphatic carbocycles. The van der Waals surface area contributed by atoms with Crippen molar-refractivity contribution in [3.05, 3.63) is 0 Å². The smallest absolute Gasteiger partial charge is 0.0114 e. The standard InChI is InChI=1S/C15H28N2/c1-3-15(7-4-8-15)11-17-13-5-6-14(17)10-12(9-13)16-2/h12-14,16H,3-11H2,1-2H3. The molecule has 0 aromatic heterocycles. The summed E-state index contributed by atoms with van der Waals surface area (Å²) in [5.41, 5.74) is 0.716. The minimum Gasteiger partial charge on any atom is -0.317 e. The third-order valence-corrected chi connectivity index (χ3v) is 5.97. The van der Waals surface area contributed by atoms with Gasteiger partial charge in [-0.05, 0) is 57.4 Å². The molecule has 2 heterocycles. The van der Waals surface area contributed by atoms with Crippen molar-refractivity contribution in [3.8, 4) is 0 Å². The maximum absolute atomic E-state index is 3.50. The third kappa shape index (κ3) is 2.04. The first-order valence-electron chi connectivity index (χ1n) is 7.69. The number of hydrogen-bond acceptors (Lipinski definition) is 2. The molecule has 3 rings (SSSR count). The first-order valence-corrected chi connectivity index (χ1v) is 7.69. The first-order chi connectivity index (χ1) is 8.26. The van der Waals surface area contributed by atoms with Crippen LogP contribution in [0.5, 0.6) is 0 Å². The number of nitrogens with zero attached hydrogens (tertiary/aromatic N) is 1. The monoisotopic (exact) mass is 236 g/mol. The fraction of sp³-hybridized carbons (Fsp3) is 1.00. The van der Waals surface area contributed by atoms with Crippen LogP contribution < -0.4 is 5.32 Å². The quantitative estimate of drug-likeness (QED) is 0.807. The molecule has 1 saturated carbocycles. The van der Waals surface area contributed by atoms with Crippen LogP contribution in [-0.4, -0.2) is 36.6 Å². The highest BCUT2D eigenvalue weighted by Crippen LogP contribution is 2.47. The second-order valence-electron chi connectivity index (χ2n) is 6.72. The molecule has 0 spiro atoms. The predicted molar refractivity (Wildman–Crippen MR) is 72.2 cm³/mol. The Hall–Kier alpha value is -0.0800. The lowest BCUT2D eigenvalue weighted by molar-refractivity contribution is 0.0153. The lowest BCUT2D eigenvalue weighted by Crippen LogP contribution is -2.53. The SMILES string of the molecule is CCC1(CN2C3CCC2CC(NC)C3)CCC1. The van der Waals surface area contributed by atoms with Gasteiger partial charge in [-0.2, -0.15) is 0 Å². The molecular weight excluding hydrogens is 208 g/mol. The molecule has 1 N–H and O–H groups in total. The number of nitrogens with one attached hydrogen (secondary N) is 1. The Morgan fingerprint density at radius 1 is 1.18 bits per heavy atom. The molecule has 2 heteroatoms. The van der Waals surface area contributed by atoms with Crippen LogP contribution in [0, 0.1) is 5.41 Å². The summed E-state index contributed by atoms with van der Waals surface area (Å²) in [5.74, 6) is 0. The Morgan fingerprint density at radius 3 is 2.24 bits per heavy atom. The second-order valence-corrected chi connectivity index (χ2v) is 6.72. The second kappa shape index (κ2) is 4.55. The van der Waals surface area contributed by atoms with Crippen molar-refractivity contribution in [2.24, 2.45) is 5.41 Å². The lowest BCUT2D eigenvalue weighted by Gasteiger charge is -2.49. The molecule has 2 atom stereocenters. The fourth-order valence-corrected chi connectivity index (χ4v) is 4.46. The first kappa shape index (κ1) is 12.0. The predicted octanol–water partition coefficient (Wildman–Crippen LogP) is 2.78. The summed E-state index contributed by atoms with van der Waals surface area (Å²) < 4.78 is 0. The third-order valence-electron chi connectivity index (χ3n) is 5.97. The largest absolute Gasteiger partial charge is 0.317 e. The van der Waals surface area contributed by atoms with E-state index in [1.165, 1.54) is 57.9 Å². The summed E-state index contributed by atoms with van der Waals surface area (Å²) in [6.07, 6.45) is 11.6. The van der Waals surface area contributed by atoms with Crippen molar-refractivity contribution in [2.75, 3.05) is 13.6 Å². The van der Waals surface area contributed by atoms with E-state index < -0.39 is 0 Å². The molecule has 0 aromatic rings. The van der Waals surface area contributed by atoms with Crippen molar-refractivity contribution < 1.29 is 0 Å². The van der Waals surface area contributed by atoms with Crippen LogP contribution in [0.25, 0.3) is 0 Å². The zero-order chi connectivity index (χ0) is 11.9. The molecule has 2 unspecified atom stereocenters. The van der Waals surface area contributed by atoms with Crippen LogP contribution in [0.1, 0.15) is 58.3 Å². The van der Waals surface area contributed by atoms with E-state index in [0.717, 1.165) is 18.1 Å². The van der Waals surface area contributed by atoms with E-state index in [0.29, 0.717) is 5.41 Å². The summed E-state index contributed by atoms with van der Waals surface area (Å²) in [7, 11) is 2.14. The van der Waals surface area contributed by atoms with Crippen LogP contribution in [-0.2, 0) is 0 Å². The lowest BCUT2D eigenvalue weighted by atomic mass is 9.66. The van der Waals surface area contributed by atoms with Crippen molar-refractivity contribution in [1.29, 1.82) is 0 Å². The van der Waals surface area contributed by atoms with Gasteiger partial charge in [0, 0.05) is 24.7 Å². The zero-order valence-corrected chi connectivity index (χ0v) is 11.5. The summed E-state index contributed by atoms with van der Waals surface area (Å²) >= 11 is 0. The van der Waals surface area contributed by atoms with E-state index in [1.54, 1.807) is 0 Å². The van der Waals surface area contributed by atoms with Crippen molar-refractivity contribution in [3.63, 3.8) is 0 Å². The Balaban J connectivity index is 1.65. The van der Waals surface area contributed by atoms with Crippen molar-refractivity contribution in [1.82, 2.24) is 10.2 Å². The van der Waals surface area contributed by atoms with Gasteiger partial charge in [-0.3, -0.25) is 4.90 Å². The van der Waals surface area contributed by atoms with Crippen LogP contribution >= 0.6 is 0 Å². The number of fused-ring (bicyclic) bond motifs is 2. The van der Waals surface area contributed by atoms with Crippen LogP contribution in [0.2, 0.25) is 0 Å². The highest BCUT2D eigenvalue weighted by atomic mass is 15.2. The van der Waals surface area contributed by atoms with Gasteiger partial charge in [-0.15, -0.1) is 0 Å². The van der Waals surface area contributed by atoms with Gasteiger partial charge in [0.25, 0.3) is 0 Å². The van der Waals surface area contributed by atoms with E-state index in [2.05, 4.69) is 24.2 Å². The van der Waals surface area contributed by atoms with Gasteiger partial charge < -0.3 is 5.32 Å². The zero-order valence-electron chi connectivity index (χ0n) is 11.5. The van der Waals surface area contributed by atoms with Crippen molar-refractivity contribution in [2.45, 2.75) is 76.4 Å². The molecule has 0 amide bonds. The normalized spacial score (nSPS) is 40.2. The molecule has 3 fully saturated rings. The van der Waals surface area contributed by atoms with Crippen LogP contribution in [0.4, 0.5) is 0 Å². The maximum atomic E-state index is 3.50. The highest BCUT2D eigenvalue weighted by molar-refractivity contribution is 5.01. The van der Waals surface area contributed by atoms with Gasteiger partial charge in [-0.25, -0.2) is 0 Å². The minimum atomic E-state index is 0.716. The minimum absolute atomic E-state index is 0.716. The summed E-state index contributed by atoms with van der Waals surface area (Å²) in [6.45, 7) is 3.82. The molecule has 2 bridgehead atoms. The molecule has 2 saturated heterocycles. The summed E-state index contributed by atoms with van der Waals surface area (Å²) in [5, 5.41) is 3.50. The van der Waals surface area contributed by atoms with Gasteiger partial charge in [-0.1, -0.05) is 13.3 Å². The van der Waals surface area contributed by atoms with Gasteiger partial charge in [0.2, 0.25) is 0 Å². The van der Waals surface area contributed by atoms with Crippen molar-refractivity contribution >= 4 is 0 Å². The van der Waals surface area contributed by atoms with E-state index in [9.17, 15) is 0 Å². The van der Waals surface area contributed by atoms with Gasteiger partial charge >= 0.3 is 0 Å². The number of piperidine rings is 1. The molecule has 0 radical (unpaired) electrons. The van der Waals surface area contributed by atoms with E-state index in [4.69, 9.17) is 0 Å². The molecular formula is C15H28N2. The van der Waals surface area contributed by atoms with Crippen LogP contribution in [0.3, 0.4) is 0 Å². The summed E-state index contributed by atoms with van der Waals surface area (Å²) in [4.78, 5) is 2.90. The number of hydrogen-bond donors (Lipinski definition) is 1. The Labute approximate surface area is 106 Å². The topological polar surface area (TPSA) is 15.3 Å². The summed E-state index contributed by atoms with van der Waals surface area (Å²) in [6, 6.07) is 2.59. The molecule has 2 nitrogen and oxygen atoms in total. The molecule has 17 heavy (non-hydrogen) atoms. The van der Waals surface area contributed by atoms with Crippen LogP contribution in [0.15, 0.2) is 0 Å². The van der Waals surface area contributed by atoms with Gasteiger partial charge in [0.1, 0.15) is 0 Å². The van der Waals surface area contributed by atoms with E-state index in [1.807, 2.05) is 0 Å².